The fraction of sp³-hybridized carbons (Fsp3) is 0.167. The number of hydrogen-bond acceptors (Lipinski definition) is 8. The van der Waals surface area contributed by atoms with Crippen LogP contribution >= 0.6 is 0 Å². The molecule has 0 aliphatic rings. The molecule has 0 spiro atoms. The van der Waals surface area contributed by atoms with Crippen LogP contribution in [-0.4, -0.2) is 35.8 Å². The molecule has 2 heterocycles. The van der Waals surface area contributed by atoms with Gasteiger partial charge in [0.15, 0.2) is 12.4 Å². The highest BCUT2D eigenvalue weighted by molar-refractivity contribution is 6.06. The number of aryl methyl sites for hydroxylation is 1. The summed E-state index contributed by atoms with van der Waals surface area (Å²) in [4.78, 5) is 24.5. The molecule has 4 aromatic rings. The summed E-state index contributed by atoms with van der Waals surface area (Å²) in [7, 11) is 1.23. The highest BCUT2D eigenvalue weighted by Crippen LogP contribution is 2.28. The normalized spacial score (nSPS) is 10.7. The molecule has 0 aliphatic carbocycles. The smallest absolute Gasteiger partial charge is 0.343 e. The summed E-state index contributed by atoms with van der Waals surface area (Å²) in [5, 5.41) is 10.4. The van der Waals surface area contributed by atoms with Gasteiger partial charge in [-0.15, -0.1) is 10.2 Å². The molecule has 0 fully saturated rings. The second-order valence-electron chi connectivity index (χ2n) is 7.09. The van der Waals surface area contributed by atoms with Crippen LogP contribution in [0.25, 0.3) is 23.1 Å². The molecule has 0 saturated heterocycles. The number of hydrogen-bond donors (Lipinski definition) is 1. The van der Waals surface area contributed by atoms with Gasteiger partial charge in [0.2, 0.25) is 5.89 Å². The maximum atomic E-state index is 14.5. The number of ether oxygens (including phenoxy) is 2. The summed E-state index contributed by atoms with van der Waals surface area (Å²) in [6.07, 6.45) is 2.14. The van der Waals surface area contributed by atoms with Gasteiger partial charge in [-0.25, -0.2) is 9.18 Å². The first-order valence-electron chi connectivity index (χ1n) is 10.3. The maximum Gasteiger partial charge on any atom is 0.343 e. The minimum atomic E-state index is -0.661. The van der Waals surface area contributed by atoms with E-state index >= 15 is 0 Å². The van der Waals surface area contributed by atoms with Crippen molar-refractivity contribution in [2.45, 2.75) is 13.3 Å². The number of amides is 1. The number of nitrogens with one attached hydrogen (secondary N) is 1. The number of halogens is 1. The topological polar surface area (TPSA) is 117 Å². The molecule has 9 nitrogen and oxygen atoms in total. The maximum absolute atomic E-state index is 14.5. The lowest BCUT2D eigenvalue weighted by Crippen LogP contribution is -2.18. The molecule has 2 aromatic carbocycles. The Kier molecular flexibility index (Phi) is 6.67. The Bertz CT molecular complexity index is 1320. The van der Waals surface area contributed by atoms with Gasteiger partial charge < -0.3 is 23.6 Å². The predicted molar refractivity (Wildman–Crippen MR) is 119 cm³/mol. The second-order valence-corrected chi connectivity index (χ2v) is 7.09. The van der Waals surface area contributed by atoms with Crippen molar-refractivity contribution < 1.29 is 32.3 Å². The average molecular weight is 465 g/mol. The van der Waals surface area contributed by atoms with Crippen LogP contribution in [0.2, 0.25) is 0 Å². The molecule has 2 aromatic heterocycles. The van der Waals surface area contributed by atoms with Gasteiger partial charge in [-0.05, 0) is 54.4 Å². The zero-order valence-corrected chi connectivity index (χ0v) is 18.3. The number of esters is 1. The number of benzene rings is 2. The van der Waals surface area contributed by atoms with E-state index in [1.807, 2.05) is 6.92 Å². The molecule has 10 heteroatoms. The summed E-state index contributed by atoms with van der Waals surface area (Å²) in [6, 6.07) is 12.3. The van der Waals surface area contributed by atoms with Crippen LogP contribution in [0.1, 0.15) is 22.8 Å². The van der Waals surface area contributed by atoms with E-state index in [0.717, 1.165) is 5.56 Å². The van der Waals surface area contributed by atoms with E-state index in [2.05, 4.69) is 20.3 Å². The van der Waals surface area contributed by atoms with Crippen molar-refractivity contribution in [1.82, 2.24) is 10.2 Å². The Labute approximate surface area is 193 Å². The molecule has 1 N–H and O–H groups in total. The number of furan rings is 1. The quantitative estimate of drug-likeness (QED) is 0.378. The number of anilines is 1. The van der Waals surface area contributed by atoms with E-state index in [0.29, 0.717) is 17.7 Å². The van der Waals surface area contributed by atoms with Crippen molar-refractivity contribution in [1.29, 1.82) is 0 Å². The number of carbonyl (C=O) groups excluding carboxylic acids is 2. The predicted octanol–water partition coefficient (Wildman–Crippen LogP) is 4.50. The number of methoxy groups -OCH3 is 1. The van der Waals surface area contributed by atoms with Crippen LogP contribution in [-0.2, 0) is 16.0 Å². The first kappa shape index (κ1) is 22.7. The Morgan fingerprint density at radius 2 is 1.91 bits per heavy atom. The molecular weight excluding hydrogens is 445 g/mol. The van der Waals surface area contributed by atoms with E-state index in [-0.39, 0.29) is 35.4 Å². The fourth-order valence-electron chi connectivity index (χ4n) is 3.08. The lowest BCUT2D eigenvalue weighted by molar-refractivity contribution is -0.142. The van der Waals surface area contributed by atoms with Crippen molar-refractivity contribution in [3.05, 3.63) is 71.7 Å². The third-order valence-corrected chi connectivity index (χ3v) is 4.89. The standard InChI is InChI=1S/C24H20FN3O6/c1-3-14-6-9-19(33-13-21(29)31-2)16(11-14)22(30)26-18-12-15(7-8-17(18)25)23-27-28-24(34-23)20-5-4-10-32-20/h4-12H,3,13H2,1-2H3,(H,26,30). The molecule has 0 unspecified atom stereocenters. The first-order valence-corrected chi connectivity index (χ1v) is 10.3. The SMILES string of the molecule is CCc1ccc(OCC(=O)OC)c(C(=O)Nc2cc(-c3nnc(-c4ccco4)o3)ccc2F)c1. The summed E-state index contributed by atoms with van der Waals surface area (Å²) >= 11 is 0. The Hall–Kier alpha value is -4.47. The monoisotopic (exact) mass is 465 g/mol. The number of aromatic nitrogens is 2. The minimum Gasteiger partial charge on any atom is -0.481 e. The van der Waals surface area contributed by atoms with Crippen molar-refractivity contribution in [3.8, 4) is 28.9 Å². The third kappa shape index (κ3) is 4.96. The summed E-state index contributed by atoms with van der Waals surface area (Å²) in [5.41, 5.74) is 1.31. The molecule has 0 aliphatic heterocycles. The van der Waals surface area contributed by atoms with Crippen LogP contribution in [0.4, 0.5) is 10.1 Å². The zero-order chi connectivity index (χ0) is 24.1. The minimum absolute atomic E-state index is 0.0962. The number of nitrogens with zero attached hydrogens (tertiary/aromatic N) is 2. The molecular formula is C24H20FN3O6. The van der Waals surface area contributed by atoms with E-state index in [9.17, 15) is 14.0 Å². The van der Waals surface area contributed by atoms with Gasteiger partial charge in [-0.2, -0.15) is 0 Å². The molecule has 0 saturated carbocycles. The Morgan fingerprint density at radius 1 is 1.09 bits per heavy atom. The van der Waals surface area contributed by atoms with Crippen LogP contribution in [0.5, 0.6) is 5.75 Å². The van der Waals surface area contributed by atoms with Crippen molar-refractivity contribution in [2.75, 3.05) is 19.0 Å². The highest BCUT2D eigenvalue weighted by atomic mass is 19.1. The van der Waals surface area contributed by atoms with E-state index < -0.39 is 17.7 Å². The van der Waals surface area contributed by atoms with Gasteiger partial charge in [0.1, 0.15) is 11.6 Å². The lowest BCUT2D eigenvalue weighted by Gasteiger charge is -2.13. The van der Waals surface area contributed by atoms with Gasteiger partial charge in [0, 0.05) is 5.56 Å². The van der Waals surface area contributed by atoms with Gasteiger partial charge in [-0.1, -0.05) is 13.0 Å². The molecule has 0 bridgehead atoms. The average Bonchev–Trinajstić information content (AvgIpc) is 3.56. The third-order valence-electron chi connectivity index (χ3n) is 4.89. The Balaban J connectivity index is 1.59. The van der Waals surface area contributed by atoms with Crippen molar-refractivity contribution in [2.24, 2.45) is 0 Å². The van der Waals surface area contributed by atoms with Gasteiger partial charge in [-0.3, -0.25) is 4.79 Å². The van der Waals surface area contributed by atoms with E-state index in [1.165, 1.54) is 31.6 Å². The molecule has 4 rings (SSSR count). The largest absolute Gasteiger partial charge is 0.481 e. The van der Waals surface area contributed by atoms with Gasteiger partial charge in [0.05, 0.1) is 24.6 Å². The fourth-order valence-corrected chi connectivity index (χ4v) is 3.08. The van der Waals surface area contributed by atoms with Crippen LogP contribution in [0, 0.1) is 5.82 Å². The van der Waals surface area contributed by atoms with Crippen LogP contribution in [0.3, 0.4) is 0 Å². The summed E-state index contributed by atoms with van der Waals surface area (Å²) in [6.45, 7) is 1.55. The summed E-state index contributed by atoms with van der Waals surface area (Å²) in [5.74, 6) is -1.03. The van der Waals surface area contributed by atoms with Crippen molar-refractivity contribution in [3.63, 3.8) is 0 Å². The Morgan fingerprint density at radius 3 is 2.65 bits per heavy atom. The molecule has 0 radical (unpaired) electrons. The summed E-state index contributed by atoms with van der Waals surface area (Å²) < 4.78 is 35.4. The number of rotatable bonds is 8. The van der Waals surface area contributed by atoms with E-state index in [4.69, 9.17) is 13.6 Å². The van der Waals surface area contributed by atoms with Crippen LogP contribution < -0.4 is 10.1 Å². The number of carbonyl (C=O) groups is 2. The molecule has 1 amide bonds. The van der Waals surface area contributed by atoms with Gasteiger partial charge >= 0.3 is 5.97 Å². The van der Waals surface area contributed by atoms with Gasteiger partial charge in [0.25, 0.3) is 11.8 Å². The molecule has 174 valence electrons. The van der Waals surface area contributed by atoms with E-state index in [1.54, 1.807) is 30.3 Å². The first-order chi connectivity index (χ1) is 16.5. The molecule has 34 heavy (non-hydrogen) atoms. The highest BCUT2D eigenvalue weighted by Gasteiger charge is 2.19. The van der Waals surface area contributed by atoms with Crippen molar-refractivity contribution >= 4 is 17.6 Å². The lowest BCUT2D eigenvalue weighted by atomic mass is 10.1. The molecule has 0 atom stereocenters. The second kappa shape index (κ2) is 9.99. The van der Waals surface area contributed by atoms with Crippen LogP contribution in [0.15, 0.2) is 63.6 Å². The zero-order valence-electron chi connectivity index (χ0n) is 18.3.